The van der Waals surface area contributed by atoms with E-state index < -0.39 is 17.9 Å². The number of aryl methyl sites for hydroxylation is 1. The lowest BCUT2D eigenvalue weighted by molar-refractivity contribution is -0.119. The van der Waals surface area contributed by atoms with Crippen LogP contribution < -0.4 is 21.2 Å². The molecule has 0 spiro atoms. The van der Waals surface area contributed by atoms with Crippen molar-refractivity contribution in [2.24, 2.45) is 5.73 Å². The summed E-state index contributed by atoms with van der Waals surface area (Å²) in [4.78, 5) is 36.3. The monoisotopic (exact) mass is 398 g/mol. The first-order valence-corrected chi connectivity index (χ1v) is 8.81. The predicted octanol–water partition coefficient (Wildman–Crippen LogP) is 2.45. The largest absolute Gasteiger partial charge is 0.484 e. The summed E-state index contributed by atoms with van der Waals surface area (Å²) in [5.41, 5.74) is 6.72. The summed E-state index contributed by atoms with van der Waals surface area (Å²) in [5, 5.41) is 3.54. The number of carbonyl (C=O) groups excluding carboxylic acids is 2. The first kappa shape index (κ1) is 18.1. The third-order valence-corrected chi connectivity index (χ3v) is 4.98. The van der Waals surface area contributed by atoms with Gasteiger partial charge in [-0.3, -0.25) is 14.4 Å². The number of hydrogen-bond donors (Lipinski definition) is 2. The predicted molar refractivity (Wildman–Crippen MR) is 103 cm³/mol. The summed E-state index contributed by atoms with van der Waals surface area (Å²) in [6, 6.07) is 9.19. The number of fused-ring (bicyclic) bond motifs is 2. The van der Waals surface area contributed by atoms with Crippen LogP contribution in [0.5, 0.6) is 5.75 Å². The Hall–Kier alpha value is -3.32. The maximum Gasteiger partial charge on any atom is 0.288 e. The Morgan fingerprint density at radius 3 is 2.64 bits per heavy atom. The van der Waals surface area contributed by atoms with E-state index in [1.165, 1.54) is 0 Å². The van der Waals surface area contributed by atoms with Gasteiger partial charge in [-0.25, -0.2) is 0 Å². The average Bonchev–Trinajstić information content (AvgIpc) is 2.99. The molecular weight excluding hydrogens is 384 g/mol. The van der Waals surface area contributed by atoms with Crippen LogP contribution in [0.2, 0.25) is 5.02 Å². The van der Waals surface area contributed by atoms with Crippen LogP contribution >= 0.6 is 11.6 Å². The van der Waals surface area contributed by atoms with Crippen LogP contribution in [0.1, 0.15) is 33.3 Å². The number of nitrogens with one attached hydrogen (secondary N) is 1. The maximum atomic E-state index is 13.1. The Kier molecular flexibility index (Phi) is 4.31. The molecule has 142 valence electrons. The molecule has 1 aliphatic heterocycles. The van der Waals surface area contributed by atoms with Crippen molar-refractivity contribution in [3.63, 3.8) is 0 Å². The van der Waals surface area contributed by atoms with Crippen LogP contribution in [0.3, 0.4) is 0 Å². The van der Waals surface area contributed by atoms with Crippen molar-refractivity contribution in [3.8, 4) is 5.75 Å². The molecule has 0 saturated carbocycles. The van der Waals surface area contributed by atoms with Crippen molar-refractivity contribution in [2.75, 3.05) is 6.61 Å². The zero-order valence-electron chi connectivity index (χ0n) is 14.7. The molecule has 1 aromatic heterocycles. The molecule has 4 rings (SSSR count). The molecule has 1 aliphatic rings. The number of primary amides is 1. The van der Waals surface area contributed by atoms with Crippen LogP contribution in [-0.2, 0) is 4.79 Å². The van der Waals surface area contributed by atoms with E-state index in [4.69, 9.17) is 26.5 Å². The van der Waals surface area contributed by atoms with Crippen molar-refractivity contribution < 1.29 is 18.7 Å². The minimum atomic E-state index is -0.659. The molecule has 2 amide bonds. The van der Waals surface area contributed by atoms with Gasteiger partial charge >= 0.3 is 0 Å². The molecule has 2 heterocycles. The summed E-state index contributed by atoms with van der Waals surface area (Å²) in [5.74, 6) is -0.599. The van der Waals surface area contributed by atoms with E-state index in [1.54, 1.807) is 43.3 Å². The number of amides is 2. The second kappa shape index (κ2) is 6.69. The molecule has 2 aromatic carbocycles. The molecule has 0 fully saturated rings. The standard InChI is InChI=1S/C20H15ClN2O5/c1-9-6-14-12(7-13(9)21)18(25)16-17(23-20(26)19(16)28-14)10-2-4-11(5-3-10)27-8-15(22)24/h2-7,17H,8H2,1H3,(H2,22,24)(H,23,26). The lowest BCUT2D eigenvalue weighted by Gasteiger charge is -2.12. The lowest BCUT2D eigenvalue weighted by atomic mass is 9.99. The first-order chi connectivity index (χ1) is 13.3. The fourth-order valence-electron chi connectivity index (χ4n) is 3.19. The van der Waals surface area contributed by atoms with Crippen LogP contribution in [-0.4, -0.2) is 18.4 Å². The lowest BCUT2D eigenvalue weighted by Crippen LogP contribution is -2.22. The molecule has 7 nitrogen and oxygen atoms in total. The second-order valence-electron chi connectivity index (χ2n) is 6.50. The van der Waals surface area contributed by atoms with E-state index in [1.807, 2.05) is 0 Å². The van der Waals surface area contributed by atoms with Gasteiger partial charge in [-0.15, -0.1) is 0 Å². The molecule has 3 aromatic rings. The Balaban J connectivity index is 1.78. The molecule has 0 saturated heterocycles. The normalized spacial score (nSPS) is 15.4. The molecule has 0 aliphatic carbocycles. The summed E-state index contributed by atoms with van der Waals surface area (Å²) in [6.45, 7) is 1.55. The Labute approximate surface area is 164 Å². The zero-order valence-corrected chi connectivity index (χ0v) is 15.5. The summed E-state index contributed by atoms with van der Waals surface area (Å²) in [7, 11) is 0. The number of nitrogens with two attached hydrogens (primary N) is 1. The van der Waals surface area contributed by atoms with Gasteiger partial charge in [0.15, 0.2) is 12.0 Å². The number of benzene rings is 2. The fourth-order valence-corrected chi connectivity index (χ4v) is 3.35. The molecule has 8 heteroatoms. The van der Waals surface area contributed by atoms with Crippen molar-refractivity contribution in [3.05, 3.63) is 74.1 Å². The molecule has 1 atom stereocenters. The minimum Gasteiger partial charge on any atom is -0.484 e. The molecule has 3 N–H and O–H groups in total. The molecule has 0 radical (unpaired) electrons. The van der Waals surface area contributed by atoms with Gasteiger partial charge in [0.05, 0.1) is 17.0 Å². The van der Waals surface area contributed by atoms with Gasteiger partial charge in [0, 0.05) is 5.02 Å². The third kappa shape index (κ3) is 2.99. The Morgan fingerprint density at radius 1 is 1.25 bits per heavy atom. The highest BCUT2D eigenvalue weighted by Gasteiger charge is 2.36. The number of halogens is 1. The van der Waals surface area contributed by atoms with Gasteiger partial charge in [-0.1, -0.05) is 23.7 Å². The van der Waals surface area contributed by atoms with Crippen molar-refractivity contribution >= 4 is 34.4 Å². The molecule has 1 unspecified atom stereocenters. The smallest absolute Gasteiger partial charge is 0.288 e. The van der Waals surface area contributed by atoms with Crippen LogP contribution in [0.25, 0.3) is 11.0 Å². The highest BCUT2D eigenvalue weighted by atomic mass is 35.5. The SMILES string of the molecule is Cc1cc2oc3c(c(=O)c2cc1Cl)C(c1ccc(OCC(N)=O)cc1)NC3=O. The van der Waals surface area contributed by atoms with Gasteiger partial charge < -0.3 is 20.2 Å². The van der Waals surface area contributed by atoms with Crippen molar-refractivity contribution in [1.82, 2.24) is 5.32 Å². The molecule has 28 heavy (non-hydrogen) atoms. The van der Waals surface area contributed by atoms with Gasteiger partial charge in [0.2, 0.25) is 5.76 Å². The number of carbonyl (C=O) groups is 2. The first-order valence-electron chi connectivity index (χ1n) is 8.44. The van der Waals surface area contributed by atoms with Gasteiger partial charge in [0.1, 0.15) is 11.3 Å². The van der Waals surface area contributed by atoms with Crippen molar-refractivity contribution in [2.45, 2.75) is 13.0 Å². The van der Waals surface area contributed by atoms with E-state index in [0.717, 1.165) is 5.56 Å². The zero-order chi connectivity index (χ0) is 20.0. The van der Waals surface area contributed by atoms with Gasteiger partial charge in [0.25, 0.3) is 11.8 Å². The minimum absolute atomic E-state index is 0.00159. The molecule has 0 bridgehead atoms. The summed E-state index contributed by atoms with van der Waals surface area (Å²) in [6.07, 6.45) is 0. The van der Waals surface area contributed by atoms with Crippen LogP contribution in [0, 0.1) is 6.92 Å². The quantitative estimate of drug-likeness (QED) is 0.701. The van der Waals surface area contributed by atoms with E-state index in [0.29, 0.717) is 27.3 Å². The van der Waals surface area contributed by atoms with E-state index >= 15 is 0 Å². The van der Waals surface area contributed by atoms with Crippen LogP contribution in [0.4, 0.5) is 0 Å². The average molecular weight is 399 g/mol. The van der Waals surface area contributed by atoms with Gasteiger partial charge in [-0.05, 0) is 42.3 Å². The maximum absolute atomic E-state index is 13.1. The number of rotatable bonds is 4. The highest BCUT2D eigenvalue weighted by molar-refractivity contribution is 6.32. The summed E-state index contributed by atoms with van der Waals surface area (Å²) < 4.78 is 11.0. The topological polar surface area (TPSA) is 112 Å². The number of ether oxygens (including phenoxy) is 1. The Bertz CT molecular complexity index is 1180. The van der Waals surface area contributed by atoms with Crippen LogP contribution in [0.15, 0.2) is 45.6 Å². The van der Waals surface area contributed by atoms with E-state index in [9.17, 15) is 14.4 Å². The third-order valence-electron chi connectivity index (χ3n) is 4.57. The second-order valence-corrected chi connectivity index (χ2v) is 6.91. The van der Waals surface area contributed by atoms with E-state index in [-0.39, 0.29) is 23.4 Å². The fraction of sp³-hybridized carbons (Fsp3) is 0.150. The Morgan fingerprint density at radius 2 is 1.96 bits per heavy atom. The molecular formula is C20H15ClN2O5. The van der Waals surface area contributed by atoms with Gasteiger partial charge in [-0.2, -0.15) is 0 Å². The van der Waals surface area contributed by atoms with Crippen molar-refractivity contribution in [1.29, 1.82) is 0 Å². The number of hydrogen-bond acceptors (Lipinski definition) is 5. The summed E-state index contributed by atoms with van der Waals surface area (Å²) >= 11 is 6.15. The highest BCUT2D eigenvalue weighted by Crippen LogP contribution is 2.32. The van der Waals surface area contributed by atoms with E-state index in [2.05, 4.69) is 5.32 Å².